The molecular weight excluding hydrogens is 461 g/mol. The van der Waals surface area contributed by atoms with Crippen LogP contribution in [0.4, 0.5) is 15.9 Å². The second-order valence-electron chi connectivity index (χ2n) is 8.72. The zero-order chi connectivity index (χ0) is 22.5. The smallest absolute Gasteiger partial charge is 0.305 e. The highest BCUT2D eigenvalue weighted by molar-refractivity contribution is 7.19. The minimum Gasteiger partial charge on any atom is -0.340 e. The molecule has 7 nitrogen and oxygen atoms in total. The van der Waals surface area contributed by atoms with Crippen molar-refractivity contribution in [1.82, 2.24) is 19.9 Å². The number of H-pyrrole nitrogens is 1. The van der Waals surface area contributed by atoms with E-state index in [4.69, 9.17) is 0 Å². The Morgan fingerprint density at radius 1 is 1.24 bits per heavy atom. The number of halogens is 1. The Labute approximate surface area is 196 Å². The number of carbonyl (C=O) groups is 1. The lowest BCUT2D eigenvalue weighted by Crippen LogP contribution is -2.44. The summed E-state index contributed by atoms with van der Waals surface area (Å²) >= 11 is 2.80. The van der Waals surface area contributed by atoms with E-state index < -0.39 is 6.17 Å². The molecule has 6 rings (SSSR count). The van der Waals surface area contributed by atoms with Crippen LogP contribution in [0.25, 0.3) is 20.4 Å². The van der Waals surface area contributed by atoms with Crippen molar-refractivity contribution in [1.29, 1.82) is 0 Å². The van der Waals surface area contributed by atoms with Gasteiger partial charge in [0.25, 0.3) is 0 Å². The maximum Gasteiger partial charge on any atom is 0.305 e. The summed E-state index contributed by atoms with van der Waals surface area (Å²) in [5, 5.41) is 4.41. The number of carbonyl (C=O) groups excluding carboxylic acids is 1. The molecule has 1 aromatic carbocycles. The molecule has 33 heavy (non-hydrogen) atoms. The predicted molar refractivity (Wildman–Crippen MR) is 129 cm³/mol. The second kappa shape index (κ2) is 8.18. The quantitative estimate of drug-likeness (QED) is 0.451. The zero-order valence-electron chi connectivity index (χ0n) is 17.8. The monoisotopic (exact) mass is 483 g/mol. The average Bonchev–Trinajstić information content (AvgIpc) is 3.37. The molecule has 0 bridgehead atoms. The lowest BCUT2D eigenvalue weighted by Gasteiger charge is -2.33. The lowest BCUT2D eigenvalue weighted by molar-refractivity contribution is -0.138. The molecule has 4 aromatic rings. The first kappa shape index (κ1) is 20.7. The van der Waals surface area contributed by atoms with Crippen LogP contribution in [0, 0.1) is 5.92 Å². The minimum atomic E-state index is -0.901. The van der Waals surface area contributed by atoms with Crippen LogP contribution in [0.5, 0.6) is 0 Å². The first-order chi connectivity index (χ1) is 16.0. The number of anilines is 2. The van der Waals surface area contributed by atoms with E-state index in [0.29, 0.717) is 19.4 Å². The summed E-state index contributed by atoms with van der Waals surface area (Å²) in [5.41, 5.74) is 2.88. The number of thiophene rings is 1. The first-order valence-electron chi connectivity index (χ1n) is 11.1. The molecule has 1 saturated heterocycles. The number of hydrogen-bond acceptors (Lipinski definition) is 7. The van der Waals surface area contributed by atoms with Gasteiger partial charge in [-0.25, -0.2) is 14.4 Å². The van der Waals surface area contributed by atoms with Gasteiger partial charge in [0.2, 0.25) is 5.91 Å². The Morgan fingerprint density at radius 2 is 2.15 bits per heavy atom. The number of nitrogens with one attached hydrogen (secondary N) is 2. The van der Waals surface area contributed by atoms with Crippen molar-refractivity contribution in [3.05, 3.63) is 44.6 Å². The molecular formula is C23H22FN5O2S2. The Balaban J connectivity index is 1.29. The van der Waals surface area contributed by atoms with Crippen LogP contribution >= 0.6 is 22.7 Å². The molecule has 1 unspecified atom stereocenters. The molecule has 4 heterocycles. The van der Waals surface area contributed by atoms with Crippen LogP contribution in [0.2, 0.25) is 0 Å². The number of aromatic nitrogens is 3. The average molecular weight is 484 g/mol. The zero-order valence-corrected chi connectivity index (χ0v) is 19.4. The summed E-state index contributed by atoms with van der Waals surface area (Å²) in [7, 11) is 0. The molecule has 1 fully saturated rings. The van der Waals surface area contributed by atoms with Gasteiger partial charge in [0.05, 0.1) is 22.1 Å². The number of hydrogen-bond donors (Lipinski definition) is 2. The van der Waals surface area contributed by atoms with E-state index in [1.807, 2.05) is 18.2 Å². The van der Waals surface area contributed by atoms with E-state index >= 15 is 0 Å². The third kappa shape index (κ3) is 3.80. The van der Waals surface area contributed by atoms with Crippen molar-refractivity contribution < 1.29 is 9.18 Å². The largest absolute Gasteiger partial charge is 0.340 e. The number of nitrogens with zero attached hydrogens (tertiary/aromatic N) is 3. The minimum absolute atomic E-state index is 0.0748. The van der Waals surface area contributed by atoms with Crippen LogP contribution < -0.4 is 10.2 Å². The molecule has 2 aliphatic rings. The lowest BCUT2D eigenvalue weighted by atomic mass is 9.86. The molecule has 1 aliphatic heterocycles. The molecule has 1 amide bonds. The number of aromatic amines is 1. The van der Waals surface area contributed by atoms with E-state index in [1.165, 1.54) is 21.8 Å². The third-order valence-corrected chi connectivity index (χ3v) is 8.56. The van der Waals surface area contributed by atoms with Gasteiger partial charge >= 0.3 is 4.87 Å². The van der Waals surface area contributed by atoms with Gasteiger partial charge < -0.3 is 15.2 Å². The number of likely N-dealkylation sites (tertiary alicyclic amines) is 1. The van der Waals surface area contributed by atoms with Gasteiger partial charge in [-0.3, -0.25) is 9.59 Å². The molecule has 1 aliphatic carbocycles. The summed E-state index contributed by atoms with van der Waals surface area (Å²) in [6.45, 7) is 0.892. The second-order valence-corrected chi connectivity index (χ2v) is 10.8. The van der Waals surface area contributed by atoms with Crippen LogP contribution in [0.15, 0.2) is 29.3 Å². The number of fused-ring (bicyclic) bond motifs is 4. The maximum absolute atomic E-state index is 13.8. The Hall–Kier alpha value is -2.85. The Bertz CT molecular complexity index is 1430. The Kier molecular flexibility index (Phi) is 5.14. The third-order valence-electron chi connectivity index (χ3n) is 6.55. The topological polar surface area (TPSA) is 91.0 Å². The molecule has 2 atom stereocenters. The van der Waals surface area contributed by atoms with E-state index in [9.17, 15) is 14.0 Å². The van der Waals surface area contributed by atoms with Crippen molar-refractivity contribution in [3.8, 4) is 0 Å². The van der Waals surface area contributed by atoms with Crippen molar-refractivity contribution in [2.24, 2.45) is 5.92 Å². The van der Waals surface area contributed by atoms with Gasteiger partial charge in [0.1, 0.15) is 23.1 Å². The highest BCUT2D eigenvalue weighted by Gasteiger charge is 2.33. The summed E-state index contributed by atoms with van der Waals surface area (Å²) in [6.07, 6.45) is 4.15. The van der Waals surface area contributed by atoms with Gasteiger partial charge in [-0.2, -0.15) is 0 Å². The number of alkyl halides is 1. The van der Waals surface area contributed by atoms with E-state index in [1.54, 1.807) is 22.6 Å². The summed E-state index contributed by atoms with van der Waals surface area (Å²) < 4.78 is 14.7. The number of thiazole rings is 1. The van der Waals surface area contributed by atoms with E-state index in [-0.39, 0.29) is 23.2 Å². The highest BCUT2D eigenvalue weighted by atomic mass is 32.1. The number of amides is 1. The molecule has 3 aromatic heterocycles. The summed E-state index contributed by atoms with van der Waals surface area (Å²) in [4.78, 5) is 40.2. The van der Waals surface area contributed by atoms with Gasteiger partial charge in [-0.15, -0.1) is 11.3 Å². The molecule has 0 saturated carbocycles. The fourth-order valence-corrected chi connectivity index (χ4v) is 7.00. The van der Waals surface area contributed by atoms with Crippen LogP contribution in [0.3, 0.4) is 0 Å². The summed E-state index contributed by atoms with van der Waals surface area (Å²) in [6, 6.07) is 5.75. The van der Waals surface area contributed by atoms with Gasteiger partial charge in [-0.05, 0) is 55.9 Å². The maximum atomic E-state index is 13.8. The SMILES string of the molecule is O=C([C@@H]1CCc2c(sc3ncnc(Nc4ccc5[nH]c(=O)sc5c4)c23)C1)N1CCCC(F)C1. The van der Waals surface area contributed by atoms with E-state index in [0.717, 1.165) is 51.2 Å². The van der Waals surface area contributed by atoms with Crippen molar-refractivity contribution in [3.63, 3.8) is 0 Å². The van der Waals surface area contributed by atoms with Gasteiger partial charge in [-0.1, -0.05) is 11.3 Å². The van der Waals surface area contributed by atoms with Crippen molar-refractivity contribution in [2.75, 3.05) is 18.4 Å². The molecule has 2 N–H and O–H groups in total. The first-order valence-corrected chi connectivity index (χ1v) is 12.8. The molecule has 0 radical (unpaired) electrons. The van der Waals surface area contributed by atoms with Gasteiger partial charge in [0.15, 0.2) is 0 Å². The fourth-order valence-electron chi connectivity index (χ4n) is 4.96. The normalized spacial score (nSPS) is 20.8. The predicted octanol–water partition coefficient (Wildman–Crippen LogP) is 4.40. The molecule has 10 heteroatoms. The number of benzene rings is 1. The van der Waals surface area contributed by atoms with Crippen LogP contribution in [-0.2, 0) is 17.6 Å². The number of piperidine rings is 1. The van der Waals surface area contributed by atoms with E-state index in [2.05, 4.69) is 20.3 Å². The fraction of sp³-hybridized carbons (Fsp3) is 0.391. The van der Waals surface area contributed by atoms with Crippen LogP contribution in [0.1, 0.15) is 29.7 Å². The Morgan fingerprint density at radius 3 is 3.03 bits per heavy atom. The molecule has 0 spiro atoms. The summed E-state index contributed by atoms with van der Waals surface area (Å²) in [5.74, 6) is 0.725. The number of aryl methyl sites for hydroxylation is 1. The standard InChI is InChI=1S/C23H22FN5O2S2/c24-13-2-1-7-29(10-13)22(30)12-3-5-15-17(8-12)32-21-19(15)20(25-11-26-21)27-14-4-6-16-18(9-14)33-23(31)28-16/h4,6,9,11-13H,1-3,5,7-8,10H2,(H,28,31)(H,25,26,27)/t12-,13?/m1/s1. The molecule has 170 valence electrons. The van der Waals surface area contributed by atoms with Crippen molar-refractivity contribution >= 4 is 60.5 Å². The number of rotatable bonds is 3. The van der Waals surface area contributed by atoms with Gasteiger partial charge in [0, 0.05) is 23.0 Å². The van der Waals surface area contributed by atoms with Crippen LogP contribution in [-0.4, -0.2) is 45.0 Å². The highest BCUT2D eigenvalue weighted by Crippen LogP contribution is 2.41. The van der Waals surface area contributed by atoms with Crippen molar-refractivity contribution in [2.45, 2.75) is 38.3 Å².